The van der Waals surface area contributed by atoms with E-state index >= 15 is 0 Å². The van der Waals surface area contributed by atoms with Crippen LogP contribution in [0.15, 0.2) is 54.9 Å². The van der Waals surface area contributed by atoms with Gasteiger partial charge in [-0.25, -0.2) is 9.07 Å². The molecule has 4 aromatic rings. The summed E-state index contributed by atoms with van der Waals surface area (Å²) in [4.78, 5) is 0. The minimum Gasteiger partial charge on any atom is -0.471 e. The summed E-state index contributed by atoms with van der Waals surface area (Å²) in [6.07, 6.45) is 4.46. The lowest BCUT2D eigenvalue weighted by Crippen LogP contribution is -2.19. The molecule has 10 heteroatoms. The molecule has 0 spiro atoms. The van der Waals surface area contributed by atoms with Crippen LogP contribution in [0.2, 0.25) is 5.02 Å². The number of rotatable bonds is 8. The first-order valence-corrected chi connectivity index (χ1v) is 11.9. The van der Waals surface area contributed by atoms with Gasteiger partial charge >= 0.3 is 0 Å². The third-order valence-corrected chi connectivity index (χ3v) is 6.13. The van der Waals surface area contributed by atoms with Crippen LogP contribution in [-0.2, 0) is 19.7 Å². The zero-order valence-corrected chi connectivity index (χ0v) is 21.3. The van der Waals surface area contributed by atoms with Gasteiger partial charge in [-0.05, 0) is 62.3 Å². The maximum atomic E-state index is 14.2. The average molecular weight is 513 g/mol. The van der Waals surface area contributed by atoms with Gasteiger partial charge < -0.3 is 15.4 Å². The van der Waals surface area contributed by atoms with Crippen LogP contribution in [0.1, 0.15) is 29.4 Å². The van der Waals surface area contributed by atoms with Crippen LogP contribution >= 0.6 is 23.8 Å². The normalized spacial score (nSPS) is 10.9. The third kappa shape index (κ3) is 5.98. The quantitative estimate of drug-likeness (QED) is 0.284. The van der Waals surface area contributed by atoms with Crippen molar-refractivity contribution in [2.45, 2.75) is 40.5 Å². The van der Waals surface area contributed by atoms with E-state index in [4.69, 9.17) is 28.6 Å². The largest absolute Gasteiger partial charge is 0.471 e. The third-order valence-electron chi connectivity index (χ3n) is 5.58. The number of benzene rings is 2. The van der Waals surface area contributed by atoms with Crippen molar-refractivity contribution in [3.63, 3.8) is 0 Å². The van der Waals surface area contributed by atoms with Crippen molar-refractivity contribution < 1.29 is 9.13 Å². The van der Waals surface area contributed by atoms with Crippen LogP contribution < -0.4 is 15.4 Å². The van der Waals surface area contributed by atoms with E-state index in [-0.39, 0.29) is 19.1 Å². The van der Waals surface area contributed by atoms with Gasteiger partial charge in [0.25, 0.3) is 0 Å². The van der Waals surface area contributed by atoms with Gasteiger partial charge in [-0.2, -0.15) is 10.2 Å². The van der Waals surface area contributed by atoms with Crippen LogP contribution in [0.5, 0.6) is 5.75 Å². The van der Waals surface area contributed by atoms with E-state index < -0.39 is 0 Å². The summed E-state index contributed by atoms with van der Waals surface area (Å²) in [7, 11) is 0. The van der Waals surface area contributed by atoms with Gasteiger partial charge in [-0.1, -0.05) is 36.7 Å². The highest BCUT2D eigenvalue weighted by atomic mass is 35.5. The summed E-state index contributed by atoms with van der Waals surface area (Å²) in [5.41, 5.74) is 4.66. The molecule has 0 amide bonds. The molecule has 0 saturated heterocycles. The standard InChI is InChI=1S/C25H26ClFN6OS/c1-4-18-8-10-20(11-9-18)34-15-32-13-19(12-28-32)29-25(35)30-24-16(2)31-33(17(24)3)14-21-22(26)6-5-7-23(21)27/h5-13H,4,14-15H2,1-3H3,(H2,29,30,35). The highest BCUT2D eigenvalue weighted by molar-refractivity contribution is 7.80. The molecule has 0 aliphatic heterocycles. The average Bonchev–Trinajstić information content (AvgIpc) is 3.39. The number of aryl methyl sites for hydroxylation is 2. The van der Waals surface area contributed by atoms with E-state index in [0.29, 0.717) is 21.4 Å². The van der Waals surface area contributed by atoms with Gasteiger partial charge in [0.2, 0.25) is 0 Å². The van der Waals surface area contributed by atoms with E-state index in [1.54, 1.807) is 33.9 Å². The Labute approximate surface area is 213 Å². The molecule has 4 rings (SSSR count). The summed E-state index contributed by atoms with van der Waals surface area (Å²) in [5, 5.41) is 15.9. The first kappa shape index (κ1) is 24.7. The number of ether oxygens (including phenoxy) is 1. The number of nitrogens with one attached hydrogen (secondary N) is 2. The van der Waals surface area contributed by atoms with Crippen LogP contribution in [0.25, 0.3) is 0 Å². The molecule has 35 heavy (non-hydrogen) atoms. The van der Waals surface area contributed by atoms with Crippen molar-refractivity contribution in [3.8, 4) is 5.75 Å². The van der Waals surface area contributed by atoms with E-state index in [1.165, 1.54) is 11.6 Å². The topological polar surface area (TPSA) is 68.9 Å². The van der Waals surface area contributed by atoms with E-state index in [2.05, 4.69) is 27.8 Å². The summed E-state index contributed by atoms with van der Waals surface area (Å²) in [6, 6.07) is 12.6. The van der Waals surface area contributed by atoms with Crippen LogP contribution in [0.3, 0.4) is 0 Å². The number of thiocarbonyl (C=S) groups is 1. The number of hydrogen-bond acceptors (Lipinski definition) is 4. The SMILES string of the molecule is CCc1ccc(OCn2cc(NC(=S)Nc3c(C)nn(Cc4c(F)cccc4Cl)c3C)cn2)cc1. The first-order valence-electron chi connectivity index (χ1n) is 11.1. The van der Waals surface area contributed by atoms with E-state index in [0.717, 1.165) is 29.2 Å². The minimum absolute atomic E-state index is 0.216. The fourth-order valence-electron chi connectivity index (χ4n) is 3.60. The second-order valence-corrected chi connectivity index (χ2v) is 8.84. The van der Waals surface area contributed by atoms with Crippen molar-refractivity contribution in [1.29, 1.82) is 0 Å². The molecule has 2 N–H and O–H groups in total. The minimum atomic E-state index is -0.365. The monoisotopic (exact) mass is 512 g/mol. The van der Waals surface area contributed by atoms with E-state index in [9.17, 15) is 4.39 Å². The maximum absolute atomic E-state index is 14.2. The first-order chi connectivity index (χ1) is 16.8. The second-order valence-electron chi connectivity index (χ2n) is 8.02. The molecular formula is C25H26ClFN6OS. The Morgan fingerprint density at radius 3 is 2.63 bits per heavy atom. The van der Waals surface area contributed by atoms with Crippen molar-refractivity contribution >= 4 is 40.3 Å². The Balaban J connectivity index is 1.36. The number of hydrogen-bond donors (Lipinski definition) is 2. The van der Waals surface area contributed by atoms with Gasteiger partial charge in [-0.15, -0.1) is 0 Å². The molecule has 0 bridgehead atoms. The zero-order valence-electron chi connectivity index (χ0n) is 19.7. The number of halogens is 2. The fourth-order valence-corrected chi connectivity index (χ4v) is 4.04. The number of anilines is 2. The maximum Gasteiger partial charge on any atom is 0.180 e. The molecule has 2 aromatic heterocycles. The molecular weight excluding hydrogens is 487 g/mol. The van der Waals surface area contributed by atoms with Crippen molar-refractivity contribution in [2.24, 2.45) is 0 Å². The van der Waals surface area contributed by atoms with Crippen molar-refractivity contribution in [2.75, 3.05) is 10.6 Å². The molecule has 2 heterocycles. The summed E-state index contributed by atoms with van der Waals surface area (Å²) >= 11 is 11.7. The van der Waals surface area contributed by atoms with Gasteiger partial charge in [0.05, 0.1) is 41.7 Å². The Hall–Kier alpha value is -3.43. The van der Waals surface area contributed by atoms with Gasteiger partial charge in [-0.3, -0.25) is 4.68 Å². The van der Waals surface area contributed by atoms with Crippen LogP contribution in [0, 0.1) is 19.7 Å². The predicted octanol–water partition coefficient (Wildman–Crippen LogP) is 5.95. The molecule has 0 atom stereocenters. The number of nitrogens with zero attached hydrogens (tertiary/aromatic N) is 4. The lowest BCUT2D eigenvalue weighted by atomic mass is 10.2. The fraction of sp³-hybridized carbons (Fsp3) is 0.240. The van der Waals surface area contributed by atoms with E-state index in [1.807, 2.05) is 38.1 Å². The van der Waals surface area contributed by atoms with Crippen molar-refractivity contribution in [3.05, 3.63) is 88.2 Å². The Bertz CT molecular complexity index is 1310. The lowest BCUT2D eigenvalue weighted by Gasteiger charge is -2.11. The zero-order chi connectivity index (χ0) is 24.9. The lowest BCUT2D eigenvalue weighted by molar-refractivity contribution is 0.221. The molecule has 0 radical (unpaired) electrons. The molecule has 0 aliphatic rings. The summed E-state index contributed by atoms with van der Waals surface area (Å²) in [6.45, 7) is 6.36. The molecule has 0 saturated carbocycles. The molecule has 7 nitrogen and oxygen atoms in total. The van der Waals surface area contributed by atoms with Crippen LogP contribution in [-0.4, -0.2) is 24.7 Å². The molecule has 2 aromatic carbocycles. The smallest absolute Gasteiger partial charge is 0.180 e. The highest BCUT2D eigenvalue weighted by Crippen LogP contribution is 2.24. The molecule has 0 fully saturated rings. The summed E-state index contributed by atoms with van der Waals surface area (Å²) in [5.74, 6) is 0.416. The van der Waals surface area contributed by atoms with Crippen molar-refractivity contribution in [1.82, 2.24) is 19.6 Å². The Kier molecular flexibility index (Phi) is 7.67. The summed E-state index contributed by atoms with van der Waals surface area (Å²) < 4.78 is 23.4. The van der Waals surface area contributed by atoms with Gasteiger partial charge in [0, 0.05) is 10.6 Å². The number of aromatic nitrogens is 4. The predicted molar refractivity (Wildman–Crippen MR) is 141 cm³/mol. The Morgan fingerprint density at radius 2 is 1.91 bits per heavy atom. The molecule has 182 valence electrons. The molecule has 0 aliphatic carbocycles. The highest BCUT2D eigenvalue weighted by Gasteiger charge is 2.16. The molecule has 0 unspecified atom stereocenters. The van der Waals surface area contributed by atoms with Crippen LogP contribution in [0.4, 0.5) is 15.8 Å². The van der Waals surface area contributed by atoms with Gasteiger partial charge in [0.1, 0.15) is 11.6 Å². The second kappa shape index (κ2) is 10.9. The van der Waals surface area contributed by atoms with Gasteiger partial charge in [0.15, 0.2) is 11.8 Å². The Morgan fingerprint density at radius 1 is 1.14 bits per heavy atom.